The number of piperidine rings is 1. The van der Waals surface area contributed by atoms with Crippen LogP contribution in [0, 0.1) is 0 Å². The monoisotopic (exact) mass is 345 g/mol. The summed E-state index contributed by atoms with van der Waals surface area (Å²) >= 11 is 0. The quantitative estimate of drug-likeness (QED) is 0.785. The van der Waals surface area contributed by atoms with E-state index in [1.54, 1.807) is 17.8 Å². The van der Waals surface area contributed by atoms with Gasteiger partial charge >= 0.3 is 0 Å². The van der Waals surface area contributed by atoms with E-state index in [1.165, 1.54) is 10.6 Å². The number of rotatable bonds is 3. The molecule has 126 valence electrons. The molecule has 1 aromatic carbocycles. The summed E-state index contributed by atoms with van der Waals surface area (Å²) in [6.07, 6.45) is 4.79. The van der Waals surface area contributed by atoms with Crippen LogP contribution in [0.2, 0.25) is 0 Å². The minimum absolute atomic E-state index is 0.0737. The summed E-state index contributed by atoms with van der Waals surface area (Å²) < 4.78 is 28.7. The van der Waals surface area contributed by atoms with Crippen molar-refractivity contribution in [2.45, 2.75) is 23.8 Å². The van der Waals surface area contributed by atoms with Gasteiger partial charge in [0.1, 0.15) is 5.82 Å². The van der Waals surface area contributed by atoms with Crippen LogP contribution in [0.5, 0.6) is 0 Å². The van der Waals surface area contributed by atoms with Crippen LogP contribution >= 0.6 is 0 Å². The molecular weight excluding hydrogens is 326 g/mol. The van der Waals surface area contributed by atoms with Crippen LogP contribution in [0.1, 0.15) is 24.6 Å². The van der Waals surface area contributed by atoms with Crippen LogP contribution in [-0.2, 0) is 17.1 Å². The highest BCUT2D eigenvalue weighted by Crippen LogP contribution is 2.29. The van der Waals surface area contributed by atoms with Crippen molar-refractivity contribution in [1.29, 1.82) is 0 Å². The van der Waals surface area contributed by atoms with Gasteiger partial charge in [-0.1, -0.05) is 12.1 Å². The first-order chi connectivity index (χ1) is 11.5. The van der Waals surface area contributed by atoms with E-state index in [-0.39, 0.29) is 10.9 Å². The van der Waals surface area contributed by atoms with Crippen molar-refractivity contribution in [2.24, 2.45) is 7.05 Å². The van der Waals surface area contributed by atoms with Crippen LogP contribution in [0.3, 0.4) is 0 Å². The average Bonchev–Trinajstić information content (AvgIpc) is 3.21. The zero-order chi connectivity index (χ0) is 16.7. The number of imidazole rings is 2. The lowest BCUT2D eigenvalue weighted by molar-refractivity contribution is 0.309. The molecule has 3 aromatic rings. The van der Waals surface area contributed by atoms with Gasteiger partial charge in [0.15, 0.2) is 5.03 Å². The Labute approximate surface area is 140 Å². The van der Waals surface area contributed by atoms with E-state index in [0.29, 0.717) is 13.1 Å². The zero-order valence-corrected chi connectivity index (χ0v) is 14.2. The maximum Gasteiger partial charge on any atom is 0.262 e. The fourth-order valence-electron chi connectivity index (χ4n) is 3.20. The van der Waals surface area contributed by atoms with Crippen LogP contribution in [-0.4, -0.2) is 45.3 Å². The SMILES string of the molecule is Cn1cnc(S(=O)(=O)N2CCC[C@H](c3nc4ccccc4[nH]3)C2)c1. The van der Waals surface area contributed by atoms with E-state index in [9.17, 15) is 8.42 Å². The van der Waals surface area contributed by atoms with Crippen molar-refractivity contribution >= 4 is 21.1 Å². The van der Waals surface area contributed by atoms with Crippen LogP contribution in [0.15, 0.2) is 41.8 Å². The average molecular weight is 345 g/mol. The Morgan fingerprint density at radius 3 is 2.88 bits per heavy atom. The number of nitrogens with one attached hydrogen (secondary N) is 1. The van der Waals surface area contributed by atoms with E-state index in [0.717, 1.165) is 29.7 Å². The summed E-state index contributed by atoms with van der Waals surface area (Å²) in [7, 11) is -1.79. The van der Waals surface area contributed by atoms with Crippen molar-refractivity contribution in [3.05, 3.63) is 42.6 Å². The van der Waals surface area contributed by atoms with E-state index >= 15 is 0 Å². The Balaban J connectivity index is 1.61. The molecule has 3 heterocycles. The molecule has 1 saturated heterocycles. The minimum atomic E-state index is -3.55. The molecule has 8 heteroatoms. The highest BCUT2D eigenvalue weighted by Gasteiger charge is 2.33. The zero-order valence-electron chi connectivity index (χ0n) is 13.4. The van der Waals surface area contributed by atoms with Gasteiger partial charge in [-0.2, -0.15) is 4.31 Å². The molecule has 1 atom stereocenters. The molecule has 1 N–H and O–H groups in total. The van der Waals surface area contributed by atoms with Gasteiger partial charge in [0, 0.05) is 32.3 Å². The van der Waals surface area contributed by atoms with Crippen LogP contribution < -0.4 is 0 Å². The van der Waals surface area contributed by atoms with Crippen molar-refractivity contribution in [3.8, 4) is 0 Å². The fourth-order valence-corrected chi connectivity index (χ4v) is 4.69. The molecule has 4 rings (SSSR count). The summed E-state index contributed by atoms with van der Waals surface area (Å²) in [4.78, 5) is 12.0. The maximum absolute atomic E-state index is 12.8. The molecular formula is C16H19N5O2S. The molecule has 1 aliphatic rings. The number of nitrogens with zero attached hydrogens (tertiary/aromatic N) is 4. The number of H-pyrrole nitrogens is 1. The number of hydrogen-bond donors (Lipinski definition) is 1. The molecule has 0 amide bonds. The molecule has 0 radical (unpaired) electrons. The van der Waals surface area contributed by atoms with Gasteiger partial charge in [0.25, 0.3) is 10.0 Å². The molecule has 0 spiro atoms. The Morgan fingerprint density at radius 1 is 1.29 bits per heavy atom. The number of fused-ring (bicyclic) bond motifs is 1. The van der Waals surface area contributed by atoms with Gasteiger partial charge in [-0.3, -0.25) is 0 Å². The number of para-hydroxylation sites is 2. The Bertz CT molecular complexity index is 942. The predicted octanol–water partition coefficient (Wildman–Crippen LogP) is 1.86. The lowest BCUT2D eigenvalue weighted by Crippen LogP contribution is -2.39. The smallest absolute Gasteiger partial charge is 0.262 e. The van der Waals surface area contributed by atoms with E-state index < -0.39 is 10.0 Å². The van der Waals surface area contributed by atoms with Crippen molar-refractivity contribution < 1.29 is 8.42 Å². The third-order valence-electron chi connectivity index (χ3n) is 4.46. The van der Waals surface area contributed by atoms with Crippen LogP contribution in [0.25, 0.3) is 11.0 Å². The van der Waals surface area contributed by atoms with Crippen molar-refractivity contribution in [3.63, 3.8) is 0 Å². The molecule has 0 unspecified atom stereocenters. The highest BCUT2D eigenvalue weighted by molar-refractivity contribution is 7.89. The second-order valence-electron chi connectivity index (χ2n) is 6.22. The lowest BCUT2D eigenvalue weighted by Gasteiger charge is -2.30. The highest BCUT2D eigenvalue weighted by atomic mass is 32.2. The molecule has 0 bridgehead atoms. The molecule has 0 saturated carbocycles. The molecule has 0 aliphatic carbocycles. The standard InChI is InChI=1S/C16H19N5O2S/c1-20-10-15(17-11-20)24(22,23)21-8-4-5-12(9-21)16-18-13-6-2-3-7-14(13)19-16/h2-3,6-7,10-12H,4-5,8-9H2,1H3,(H,18,19)/t12-/m0/s1. The third-order valence-corrected chi connectivity index (χ3v) is 6.21. The van der Waals surface area contributed by atoms with E-state index in [2.05, 4.69) is 15.0 Å². The number of aromatic amines is 1. The van der Waals surface area contributed by atoms with Crippen molar-refractivity contribution in [1.82, 2.24) is 23.8 Å². The largest absolute Gasteiger partial charge is 0.342 e. The third kappa shape index (κ3) is 2.61. The second-order valence-corrected chi connectivity index (χ2v) is 8.10. The van der Waals surface area contributed by atoms with Gasteiger partial charge in [0.2, 0.25) is 0 Å². The summed E-state index contributed by atoms with van der Waals surface area (Å²) in [6.45, 7) is 0.953. The van der Waals surface area contributed by atoms with Gasteiger partial charge in [-0.15, -0.1) is 0 Å². The van der Waals surface area contributed by atoms with Gasteiger partial charge in [-0.05, 0) is 25.0 Å². The molecule has 1 aliphatic heterocycles. The Hall–Kier alpha value is -2.19. The normalized spacial score (nSPS) is 19.8. The molecule has 7 nitrogen and oxygen atoms in total. The molecule has 24 heavy (non-hydrogen) atoms. The number of aryl methyl sites for hydroxylation is 1. The predicted molar refractivity (Wildman–Crippen MR) is 90.0 cm³/mol. The van der Waals surface area contributed by atoms with E-state index in [4.69, 9.17) is 0 Å². The Kier molecular flexibility index (Phi) is 3.65. The maximum atomic E-state index is 12.8. The first kappa shape index (κ1) is 15.3. The first-order valence-corrected chi connectivity index (χ1v) is 9.41. The summed E-state index contributed by atoms with van der Waals surface area (Å²) in [6, 6.07) is 7.85. The number of sulfonamides is 1. The molecule has 1 fully saturated rings. The van der Waals surface area contributed by atoms with Gasteiger partial charge < -0.3 is 9.55 Å². The molecule has 2 aromatic heterocycles. The van der Waals surface area contributed by atoms with Gasteiger partial charge in [-0.25, -0.2) is 18.4 Å². The second kappa shape index (κ2) is 5.71. The summed E-state index contributed by atoms with van der Waals surface area (Å²) in [5, 5.41) is 0.107. The summed E-state index contributed by atoms with van der Waals surface area (Å²) in [5.74, 6) is 0.932. The van der Waals surface area contributed by atoms with Crippen LogP contribution in [0.4, 0.5) is 0 Å². The fraction of sp³-hybridized carbons (Fsp3) is 0.375. The van der Waals surface area contributed by atoms with E-state index in [1.807, 2.05) is 24.3 Å². The lowest BCUT2D eigenvalue weighted by atomic mass is 9.99. The van der Waals surface area contributed by atoms with Gasteiger partial charge in [0.05, 0.1) is 17.4 Å². The number of benzene rings is 1. The summed E-state index contributed by atoms with van der Waals surface area (Å²) in [5.41, 5.74) is 1.90. The minimum Gasteiger partial charge on any atom is -0.342 e. The first-order valence-electron chi connectivity index (χ1n) is 7.97. The number of aromatic nitrogens is 4. The van der Waals surface area contributed by atoms with Crippen molar-refractivity contribution in [2.75, 3.05) is 13.1 Å². The number of hydrogen-bond acceptors (Lipinski definition) is 4. The Morgan fingerprint density at radius 2 is 2.12 bits per heavy atom. The topological polar surface area (TPSA) is 83.9 Å².